The summed E-state index contributed by atoms with van der Waals surface area (Å²) in [5, 5.41) is 4.62. The Morgan fingerprint density at radius 2 is 1.72 bits per heavy atom. The smallest absolute Gasteiger partial charge is 0.162 e. The van der Waals surface area contributed by atoms with Gasteiger partial charge >= 0.3 is 0 Å². The van der Waals surface area contributed by atoms with Gasteiger partial charge in [0.05, 0.1) is 7.11 Å². The van der Waals surface area contributed by atoms with Crippen LogP contribution in [0.25, 0.3) is 0 Å². The van der Waals surface area contributed by atoms with Crippen molar-refractivity contribution in [2.24, 2.45) is 0 Å². The molecule has 1 N–H and O–H groups in total. The van der Waals surface area contributed by atoms with Gasteiger partial charge in [-0.3, -0.25) is 0 Å². The van der Waals surface area contributed by atoms with Crippen molar-refractivity contribution >= 4 is 39.1 Å². The third kappa shape index (κ3) is 5.78. The summed E-state index contributed by atoms with van der Waals surface area (Å²) in [7, 11) is 1.62. The van der Waals surface area contributed by atoms with Gasteiger partial charge in [-0.1, -0.05) is 45.2 Å². The fourth-order valence-corrected chi connectivity index (χ4v) is 3.13. The molecular formula is C19H22BrCl2NO2. The molecule has 0 fully saturated rings. The fourth-order valence-electron chi connectivity index (χ4n) is 2.17. The molecule has 2 aromatic carbocycles. The highest BCUT2D eigenvalue weighted by Gasteiger charge is 2.15. The summed E-state index contributed by atoms with van der Waals surface area (Å²) >= 11 is 16.0. The second-order valence-corrected chi connectivity index (χ2v) is 8.36. The maximum absolute atomic E-state index is 6.20. The lowest BCUT2D eigenvalue weighted by atomic mass is 10.1. The van der Waals surface area contributed by atoms with Gasteiger partial charge in [-0.2, -0.15) is 0 Å². The van der Waals surface area contributed by atoms with Gasteiger partial charge < -0.3 is 14.8 Å². The van der Waals surface area contributed by atoms with E-state index in [0.29, 0.717) is 21.5 Å². The number of hydrogen-bond donors (Lipinski definition) is 1. The van der Waals surface area contributed by atoms with Crippen LogP contribution < -0.4 is 14.8 Å². The molecule has 6 heteroatoms. The lowest BCUT2D eigenvalue weighted by Crippen LogP contribution is -2.35. The van der Waals surface area contributed by atoms with Crippen LogP contribution in [0.4, 0.5) is 0 Å². The standard InChI is InChI=1S/C19H22BrCl2NO2/c1-19(2,3)23-10-12-8-17(24-4)18(9-14(12)20)25-11-13-15(21)6-5-7-16(13)22/h5-9,23H,10-11H2,1-4H3. The first kappa shape index (κ1) is 20.4. The SMILES string of the molecule is COc1cc(CNC(C)(C)C)c(Br)cc1OCc1c(Cl)cccc1Cl. The predicted octanol–water partition coefficient (Wildman–Crippen LogP) is 6.23. The Morgan fingerprint density at radius 3 is 2.28 bits per heavy atom. The minimum Gasteiger partial charge on any atom is -0.493 e. The summed E-state index contributed by atoms with van der Waals surface area (Å²) in [4.78, 5) is 0. The summed E-state index contributed by atoms with van der Waals surface area (Å²) in [5.74, 6) is 1.29. The zero-order valence-corrected chi connectivity index (χ0v) is 17.8. The van der Waals surface area contributed by atoms with E-state index in [1.54, 1.807) is 19.2 Å². The number of benzene rings is 2. The predicted molar refractivity (Wildman–Crippen MR) is 108 cm³/mol. The Hall–Kier alpha value is -0.940. The van der Waals surface area contributed by atoms with Gasteiger partial charge in [-0.25, -0.2) is 0 Å². The normalized spacial score (nSPS) is 11.5. The van der Waals surface area contributed by atoms with E-state index < -0.39 is 0 Å². The highest BCUT2D eigenvalue weighted by Crippen LogP contribution is 2.35. The van der Waals surface area contributed by atoms with Crippen molar-refractivity contribution < 1.29 is 9.47 Å². The van der Waals surface area contributed by atoms with E-state index in [1.807, 2.05) is 18.2 Å². The first-order chi connectivity index (χ1) is 11.7. The molecule has 0 atom stereocenters. The molecule has 2 aromatic rings. The third-order valence-corrected chi connectivity index (χ3v) is 5.02. The maximum Gasteiger partial charge on any atom is 0.162 e. The highest BCUT2D eigenvalue weighted by atomic mass is 79.9. The van der Waals surface area contributed by atoms with Crippen LogP contribution >= 0.6 is 39.1 Å². The Labute approximate surface area is 167 Å². The van der Waals surface area contributed by atoms with Gasteiger partial charge in [-0.05, 0) is 50.6 Å². The van der Waals surface area contributed by atoms with Crippen molar-refractivity contribution in [2.45, 2.75) is 39.5 Å². The van der Waals surface area contributed by atoms with Gasteiger partial charge in [0.25, 0.3) is 0 Å². The van der Waals surface area contributed by atoms with Crippen molar-refractivity contribution in [2.75, 3.05) is 7.11 Å². The molecule has 0 amide bonds. The number of halogens is 3. The van der Waals surface area contributed by atoms with Crippen LogP contribution in [0.15, 0.2) is 34.8 Å². The summed E-state index contributed by atoms with van der Waals surface area (Å²) in [6.07, 6.45) is 0. The summed E-state index contributed by atoms with van der Waals surface area (Å²) < 4.78 is 12.3. The third-order valence-electron chi connectivity index (χ3n) is 3.58. The molecule has 0 bridgehead atoms. The van der Waals surface area contributed by atoms with E-state index in [4.69, 9.17) is 32.7 Å². The van der Waals surface area contributed by atoms with Crippen LogP contribution in [0.1, 0.15) is 31.9 Å². The molecule has 0 radical (unpaired) electrons. The summed E-state index contributed by atoms with van der Waals surface area (Å²) in [6, 6.07) is 9.26. The molecule has 0 saturated heterocycles. The highest BCUT2D eigenvalue weighted by molar-refractivity contribution is 9.10. The van der Waals surface area contributed by atoms with Crippen LogP contribution in [0, 0.1) is 0 Å². The number of ether oxygens (including phenoxy) is 2. The number of rotatable bonds is 6. The first-order valence-corrected chi connectivity index (χ1v) is 9.43. The quantitative estimate of drug-likeness (QED) is 0.570. The Balaban J connectivity index is 2.19. The monoisotopic (exact) mass is 445 g/mol. The molecule has 2 rings (SSSR count). The van der Waals surface area contributed by atoms with Crippen LogP contribution in [-0.4, -0.2) is 12.6 Å². The second kappa shape index (κ2) is 8.63. The number of nitrogens with one attached hydrogen (secondary N) is 1. The molecule has 0 spiro atoms. The minimum atomic E-state index is 0.0304. The van der Waals surface area contributed by atoms with E-state index in [-0.39, 0.29) is 12.1 Å². The van der Waals surface area contributed by atoms with Gasteiger partial charge in [0.2, 0.25) is 0 Å². The second-order valence-electron chi connectivity index (χ2n) is 6.69. The number of methoxy groups -OCH3 is 1. The van der Waals surface area contributed by atoms with Crippen LogP contribution in [-0.2, 0) is 13.2 Å². The Bertz CT molecular complexity index is 725. The van der Waals surface area contributed by atoms with Crippen molar-refractivity contribution in [3.63, 3.8) is 0 Å². The molecule has 3 nitrogen and oxygen atoms in total. The lowest BCUT2D eigenvalue weighted by molar-refractivity contribution is 0.284. The topological polar surface area (TPSA) is 30.5 Å². The molecule has 136 valence electrons. The average molecular weight is 447 g/mol. The molecule has 0 unspecified atom stereocenters. The van der Waals surface area contributed by atoms with E-state index in [9.17, 15) is 0 Å². The molecule has 0 aliphatic carbocycles. The van der Waals surface area contributed by atoms with Crippen molar-refractivity contribution in [1.29, 1.82) is 0 Å². The molecule has 0 aromatic heterocycles. The molecular weight excluding hydrogens is 425 g/mol. The first-order valence-electron chi connectivity index (χ1n) is 7.88. The Morgan fingerprint density at radius 1 is 1.08 bits per heavy atom. The molecule has 0 aliphatic rings. The van der Waals surface area contributed by atoms with Gasteiger partial charge in [0, 0.05) is 32.2 Å². The van der Waals surface area contributed by atoms with Crippen LogP contribution in [0.5, 0.6) is 11.5 Å². The molecule has 0 aliphatic heterocycles. The zero-order valence-electron chi connectivity index (χ0n) is 14.8. The van der Waals surface area contributed by atoms with Gasteiger partial charge in [0.1, 0.15) is 6.61 Å². The zero-order chi connectivity index (χ0) is 18.6. The van der Waals surface area contributed by atoms with E-state index in [1.165, 1.54) is 0 Å². The van der Waals surface area contributed by atoms with Crippen molar-refractivity contribution in [3.05, 3.63) is 56.0 Å². The van der Waals surface area contributed by atoms with Crippen LogP contribution in [0.2, 0.25) is 10.0 Å². The van der Waals surface area contributed by atoms with Gasteiger partial charge in [-0.15, -0.1) is 0 Å². The molecule has 25 heavy (non-hydrogen) atoms. The van der Waals surface area contributed by atoms with E-state index in [0.717, 1.165) is 22.1 Å². The van der Waals surface area contributed by atoms with Crippen LogP contribution in [0.3, 0.4) is 0 Å². The fraction of sp³-hybridized carbons (Fsp3) is 0.368. The summed E-state index contributed by atoms with van der Waals surface area (Å²) in [5.41, 5.74) is 1.88. The Kier molecular flexibility index (Phi) is 7.03. The minimum absolute atomic E-state index is 0.0304. The number of hydrogen-bond acceptors (Lipinski definition) is 3. The largest absolute Gasteiger partial charge is 0.493 e. The average Bonchev–Trinajstić information content (AvgIpc) is 2.52. The van der Waals surface area contributed by atoms with E-state index >= 15 is 0 Å². The van der Waals surface area contributed by atoms with Crippen molar-refractivity contribution in [1.82, 2.24) is 5.32 Å². The molecule has 0 saturated carbocycles. The molecule has 0 heterocycles. The van der Waals surface area contributed by atoms with Gasteiger partial charge in [0.15, 0.2) is 11.5 Å². The summed E-state index contributed by atoms with van der Waals surface area (Å²) in [6.45, 7) is 7.37. The van der Waals surface area contributed by atoms with E-state index in [2.05, 4.69) is 42.0 Å². The van der Waals surface area contributed by atoms with Crippen molar-refractivity contribution in [3.8, 4) is 11.5 Å². The lowest BCUT2D eigenvalue weighted by Gasteiger charge is -2.22. The maximum atomic E-state index is 6.20.